The number of benzene rings is 2. The lowest BCUT2D eigenvalue weighted by atomic mass is 10.1. The molecular formula is C24H28N4O5S2. The highest BCUT2D eigenvalue weighted by Crippen LogP contribution is 2.37. The van der Waals surface area contributed by atoms with Crippen LogP contribution < -0.4 is 19.8 Å². The summed E-state index contributed by atoms with van der Waals surface area (Å²) in [6, 6.07) is 10.9. The Morgan fingerprint density at radius 2 is 1.83 bits per heavy atom. The molecule has 3 aromatic rings. The zero-order chi connectivity index (χ0) is 25.3. The number of aromatic nitrogens is 1. The van der Waals surface area contributed by atoms with Gasteiger partial charge < -0.3 is 9.57 Å². The number of carbonyl (C=O) groups excluding carboxylic acids is 1. The molecule has 0 saturated carbocycles. The van der Waals surface area contributed by atoms with Crippen LogP contribution in [-0.2, 0) is 21.5 Å². The number of aryl methyl sites for hydroxylation is 3. The lowest BCUT2D eigenvalue weighted by molar-refractivity contribution is 0.121. The fourth-order valence-electron chi connectivity index (χ4n) is 3.69. The first kappa shape index (κ1) is 25.0. The number of carbonyl (C=O) groups is 1. The number of sulfonamides is 1. The van der Waals surface area contributed by atoms with E-state index in [2.05, 4.69) is 15.8 Å². The van der Waals surface area contributed by atoms with Crippen LogP contribution in [0.25, 0.3) is 0 Å². The highest BCUT2D eigenvalue weighted by molar-refractivity contribution is 7.94. The number of hydrogen-bond acceptors (Lipinski definition) is 8. The van der Waals surface area contributed by atoms with Crippen molar-refractivity contribution in [2.24, 2.45) is 0 Å². The molecular weight excluding hydrogens is 488 g/mol. The minimum absolute atomic E-state index is 0.0556. The molecule has 1 saturated heterocycles. The van der Waals surface area contributed by atoms with Gasteiger partial charge in [-0.1, -0.05) is 24.3 Å². The van der Waals surface area contributed by atoms with Crippen LogP contribution in [0, 0.1) is 20.8 Å². The van der Waals surface area contributed by atoms with Gasteiger partial charge in [0.15, 0.2) is 0 Å². The third-order valence-corrected chi connectivity index (χ3v) is 8.94. The number of hydrogen-bond donors (Lipinski definition) is 2. The SMILES string of the molecule is Cc1csc(S(=O)(=O)N(c2cc(C)c(C)cc2OCc2ccc(C3NOC(=O)N3)cc2)C(C)C)n1. The highest BCUT2D eigenvalue weighted by Gasteiger charge is 2.32. The molecule has 1 aromatic heterocycles. The maximum absolute atomic E-state index is 13.6. The highest BCUT2D eigenvalue weighted by atomic mass is 32.2. The molecule has 2 N–H and O–H groups in total. The Hall–Kier alpha value is -3.15. The largest absolute Gasteiger partial charge is 0.487 e. The third kappa shape index (κ3) is 5.26. The summed E-state index contributed by atoms with van der Waals surface area (Å²) in [5.74, 6) is 0.473. The summed E-state index contributed by atoms with van der Waals surface area (Å²) in [6.07, 6.45) is -0.939. The van der Waals surface area contributed by atoms with Gasteiger partial charge in [0.05, 0.1) is 5.69 Å². The van der Waals surface area contributed by atoms with Crippen LogP contribution >= 0.6 is 11.3 Å². The Labute approximate surface area is 209 Å². The minimum Gasteiger partial charge on any atom is -0.487 e. The molecule has 9 nitrogen and oxygen atoms in total. The van der Waals surface area contributed by atoms with E-state index >= 15 is 0 Å². The number of ether oxygens (including phenoxy) is 1. The molecule has 2 aromatic carbocycles. The zero-order valence-corrected chi connectivity index (χ0v) is 21.8. The molecule has 35 heavy (non-hydrogen) atoms. The van der Waals surface area contributed by atoms with Gasteiger partial charge in [-0.05, 0) is 69.0 Å². The van der Waals surface area contributed by atoms with Crippen molar-refractivity contribution in [3.8, 4) is 5.75 Å². The topological polar surface area (TPSA) is 110 Å². The number of nitrogens with one attached hydrogen (secondary N) is 2. The van der Waals surface area contributed by atoms with Gasteiger partial charge in [0.2, 0.25) is 4.34 Å². The van der Waals surface area contributed by atoms with Crippen molar-refractivity contribution in [2.75, 3.05) is 4.31 Å². The van der Waals surface area contributed by atoms with Crippen LogP contribution in [0.5, 0.6) is 5.75 Å². The minimum atomic E-state index is -3.88. The number of nitrogens with zero attached hydrogens (tertiary/aromatic N) is 2. The van der Waals surface area contributed by atoms with Crippen molar-refractivity contribution in [3.05, 3.63) is 69.7 Å². The molecule has 4 rings (SSSR count). The first-order chi connectivity index (χ1) is 16.6. The van der Waals surface area contributed by atoms with Crippen molar-refractivity contribution in [1.82, 2.24) is 15.8 Å². The van der Waals surface area contributed by atoms with Crippen molar-refractivity contribution in [3.63, 3.8) is 0 Å². The zero-order valence-electron chi connectivity index (χ0n) is 20.2. The van der Waals surface area contributed by atoms with E-state index in [1.54, 1.807) is 12.3 Å². The summed E-state index contributed by atoms with van der Waals surface area (Å²) >= 11 is 1.11. The Kier molecular flexibility index (Phi) is 7.02. The third-order valence-electron chi connectivity index (χ3n) is 5.60. The predicted molar refractivity (Wildman–Crippen MR) is 134 cm³/mol. The van der Waals surface area contributed by atoms with Crippen molar-refractivity contribution < 1.29 is 22.8 Å². The van der Waals surface area contributed by atoms with E-state index in [9.17, 15) is 13.2 Å². The van der Waals surface area contributed by atoms with E-state index in [0.717, 1.165) is 33.6 Å². The summed E-state index contributed by atoms with van der Waals surface area (Å²) in [5, 5.41) is 4.38. The molecule has 0 aliphatic carbocycles. The van der Waals surface area contributed by atoms with Gasteiger partial charge in [-0.3, -0.25) is 9.62 Å². The molecule has 1 unspecified atom stereocenters. The monoisotopic (exact) mass is 516 g/mol. The van der Waals surface area contributed by atoms with Crippen molar-refractivity contribution in [2.45, 2.75) is 57.8 Å². The van der Waals surface area contributed by atoms with Gasteiger partial charge in [-0.25, -0.2) is 9.78 Å². The molecule has 1 aliphatic rings. The molecule has 1 amide bonds. The summed E-state index contributed by atoms with van der Waals surface area (Å²) in [7, 11) is -3.88. The molecule has 0 radical (unpaired) electrons. The molecule has 2 heterocycles. The number of hydroxylamine groups is 1. The second-order valence-corrected chi connectivity index (χ2v) is 11.5. The number of thiazole rings is 1. The van der Waals surface area contributed by atoms with E-state index < -0.39 is 22.3 Å². The molecule has 186 valence electrons. The van der Waals surface area contributed by atoms with E-state index in [0.29, 0.717) is 17.1 Å². The van der Waals surface area contributed by atoms with E-state index in [4.69, 9.17) is 9.57 Å². The van der Waals surface area contributed by atoms with E-state index in [1.165, 1.54) is 4.31 Å². The van der Waals surface area contributed by atoms with Crippen LogP contribution in [0.15, 0.2) is 46.1 Å². The quantitative estimate of drug-likeness (QED) is 0.454. The average Bonchev–Trinajstić information content (AvgIpc) is 3.44. The Balaban J connectivity index is 1.62. The fraction of sp³-hybridized carbons (Fsp3) is 0.333. The number of anilines is 1. The molecule has 1 fully saturated rings. The molecule has 11 heteroatoms. The molecule has 0 bridgehead atoms. The summed E-state index contributed by atoms with van der Waals surface area (Å²) in [5.41, 5.74) is 7.43. The molecule has 1 aliphatic heterocycles. The van der Waals surface area contributed by atoms with E-state index in [1.807, 2.05) is 64.1 Å². The fourth-order valence-corrected chi connectivity index (χ4v) is 6.47. The summed E-state index contributed by atoms with van der Waals surface area (Å²) < 4.78 is 34.7. The lowest BCUT2D eigenvalue weighted by Crippen LogP contribution is -2.37. The Bertz CT molecular complexity index is 1340. The lowest BCUT2D eigenvalue weighted by Gasteiger charge is -2.29. The van der Waals surface area contributed by atoms with Crippen LogP contribution in [0.4, 0.5) is 10.5 Å². The van der Waals surface area contributed by atoms with Crippen LogP contribution in [0.1, 0.15) is 48.0 Å². The predicted octanol–water partition coefficient (Wildman–Crippen LogP) is 4.49. The standard InChI is InChI=1S/C24H28N4O5S2/c1-14(2)28(35(30,31)24-25-17(5)13-34-24)20-10-15(3)16(4)11-21(20)32-12-18-6-8-19(9-7-18)22-26-23(29)33-27-22/h6-11,13-14,22,27H,12H2,1-5H3,(H,26,29). The maximum atomic E-state index is 13.6. The number of rotatable bonds is 8. The van der Waals surface area contributed by atoms with Gasteiger partial charge in [0.25, 0.3) is 10.0 Å². The van der Waals surface area contributed by atoms with Crippen molar-refractivity contribution >= 4 is 33.1 Å². The number of amides is 1. The van der Waals surface area contributed by atoms with Gasteiger partial charge in [0, 0.05) is 17.1 Å². The van der Waals surface area contributed by atoms with Gasteiger partial charge in [0.1, 0.15) is 18.5 Å². The Morgan fingerprint density at radius 1 is 1.14 bits per heavy atom. The molecule has 1 atom stereocenters. The van der Waals surface area contributed by atoms with E-state index in [-0.39, 0.29) is 17.0 Å². The second kappa shape index (κ2) is 9.84. The summed E-state index contributed by atoms with van der Waals surface area (Å²) in [4.78, 5) is 20.2. The first-order valence-corrected chi connectivity index (χ1v) is 13.4. The normalized spacial score (nSPS) is 15.7. The maximum Gasteiger partial charge on any atom is 0.427 e. The van der Waals surface area contributed by atoms with Crippen LogP contribution in [0.2, 0.25) is 0 Å². The average molecular weight is 517 g/mol. The first-order valence-electron chi connectivity index (χ1n) is 11.1. The Morgan fingerprint density at radius 3 is 2.40 bits per heavy atom. The van der Waals surface area contributed by atoms with Crippen molar-refractivity contribution in [1.29, 1.82) is 0 Å². The smallest absolute Gasteiger partial charge is 0.427 e. The van der Waals surface area contributed by atoms with Crippen LogP contribution in [-0.4, -0.2) is 25.5 Å². The second-order valence-electron chi connectivity index (χ2n) is 8.67. The van der Waals surface area contributed by atoms with Crippen LogP contribution in [0.3, 0.4) is 0 Å². The summed E-state index contributed by atoms with van der Waals surface area (Å²) in [6.45, 7) is 9.57. The molecule has 0 spiro atoms. The van der Waals surface area contributed by atoms with Gasteiger partial charge in [-0.2, -0.15) is 8.42 Å². The van der Waals surface area contributed by atoms with Gasteiger partial charge >= 0.3 is 6.09 Å². The van der Waals surface area contributed by atoms with Gasteiger partial charge in [-0.15, -0.1) is 16.8 Å².